The van der Waals surface area contributed by atoms with Gasteiger partial charge in [0.1, 0.15) is 0 Å². The van der Waals surface area contributed by atoms with E-state index < -0.39 is 0 Å². The lowest BCUT2D eigenvalue weighted by Crippen LogP contribution is -2.05. The molecule has 1 heterocycles. The molecule has 80 valence electrons. The summed E-state index contributed by atoms with van der Waals surface area (Å²) in [6.07, 6.45) is 6.13. The Hall–Kier alpha value is -0.720. The molecule has 14 heavy (non-hydrogen) atoms. The quantitative estimate of drug-likeness (QED) is 0.637. The first kappa shape index (κ1) is 11.4. The van der Waals surface area contributed by atoms with Crippen molar-refractivity contribution in [1.82, 2.24) is 4.57 Å². The van der Waals surface area contributed by atoms with Crippen molar-refractivity contribution >= 4 is 0 Å². The number of hydrogen-bond acceptors (Lipinski definition) is 0. The molecule has 0 unspecified atom stereocenters. The summed E-state index contributed by atoms with van der Waals surface area (Å²) in [6.45, 7) is 10.3. The predicted molar refractivity (Wildman–Crippen MR) is 62.5 cm³/mol. The van der Waals surface area contributed by atoms with Crippen LogP contribution in [-0.4, -0.2) is 4.57 Å². The summed E-state index contributed by atoms with van der Waals surface area (Å²) in [5.41, 5.74) is 1.87. The van der Waals surface area contributed by atoms with Crippen LogP contribution in [0.5, 0.6) is 0 Å². The van der Waals surface area contributed by atoms with Crippen LogP contribution in [0.3, 0.4) is 0 Å². The van der Waals surface area contributed by atoms with Gasteiger partial charge in [-0.1, -0.05) is 27.2 Å². The lowest BCUT2D eigenvalue weighted by atomic mass is 9.90. The summed E-state index contributed by atoms with van der Waals surface area (Å²) in [5.74, 6) is 0. The molecule has 0 saturated carbocycles. The standard InChI is InChI=1S/C13H23N/c1-12-8-7-11-14(12)10-6-5-9-13(2,3)4/h7-8,11H,5-6,9-10H2,1-4H3. The van der Waals surface area contributed by atoms with E-state index in [0.717, 1.165) is 0 Å². The third-order valence-electron chi connectivity index (χ3n) is 2.63. The summed E-state index contributed by atoms with van der Waals surface area (Å²) in [4.78, 5) is 0. The molecule has 0 N–H and O–H groups in total. The lowest BCUT2D eigenvalue weighted by Gasteiger charge is -2.17. The minimum Gasteiger partial charge on any atom is -0.352 e. The SMILES string of the molecule is Cc1cccn1CCCCC(C)(C)C. The van der Waals surface area contributed by atoms with Gasteiger partial charge in [0.2, 0.25) is 0 Å². The zero-order chi connectivity index (χ0) is 10.6. The summed E-state index contributed by atoms with van der Waals surface area (Å²) < 4.78 is 2.34. The second-order valence-corrected chi connectivity index (χ2v) is 5.36. The number of hydrogen-bond donors (Lipinski definition) is 0. The monoisotopic (exact) mass is 193 g/mol. The van der Waals surface area contributed by atoms with E-state index in [0.29, 0.717) is 5.41 Å². The number of nitrogens with zero attached hydrogens (tertiary/aromatic N) is 1. The first-order valence-corrected chi connectivity index (χ1v) is 5.61. The summed E-state index contributed by atoms with van der Waals surface area (Å²) >= 11 is 0. The third-order valence-corrected chi connectivity index (χ3v) is 2.63. The van der Waals surface area contributed by atoms with Gasteiger partial charge in [-0.15, -0.1) is 0 Å². The Morgan fingerprint density at radius 1 is 1.21 bits per heavy atom. The molecule has 0 atom stereocenters. The molecule has 1 heteroatoms. The second-order valence-electron chi connectivity index (χ2n) is 5.36. The summed E-state index contributed by atoms with van der Waals surface area (Å²) in [7, 11) is 0. The van der Waals surface area contributed by atoms with Gasteiger partial charge >= 0.3 is 0 Å². The molecule has 1 nitrogen and oxygen atoms in total. The molecule has 0 aliphatic heterocycles. The average Bonchev–Trinajstić information content (AvgIpc) is 2.44. The Kier molecular flexibility index (Phi) is 3.79. The zero-order valence-electron chi connectivity index (χ0n) is 10.0. The van der Waals surface area contributed by atoms with E-state index in [4.69, 9.17) is 0 Å². The fourth-order valence-electron chi connectivity index (χ4n) is 1.69. The molecular formula is C13H23N. The topological polar surface area (TPSA) is 4.93 Å². The van der Waals surface area contributed by atoms with E-state index in [-0.39, 0.29) is 0 Å². The van der Waals surface area contributed by atoms with Crippen molar-refractivity contribution in [3.8, 4) is 0 Å². The molecule has 0 bridgehead atoms. The van der Waals surface area contributed by atoms with Crippen LogP contribution in [0.2, 0.25) is 0 Å². The number of rotatable bonds is 4. The Labute approximate surface area is 88.1 Å². The Balaban J connectivity index is 2.20. The molecule has 0 aliphatic rings. The third kappa shape index (κ3) is 3.99. The molecule has 0 saturated heterocycles. The maximum Gasteiger partial charge on any atom is 0.0222 e. The van der Waals surface area contributed by atoms with Crippen LogP contribution < -0.4 is 0 Å². The lowest BCUT2D eigenvalue weighted by molar-refractivity contribution is 0.354. The van der Waals surface area contributed by atoms with Crippen molar-refractivity contribution < 1.29 is 0 Å². The maximum atomic E-state index is 2.34. The average molecular weight is 193 g/mol. The molecule has 1 aromatic heterocycles. The van der Waals surface area contributed by atoms with Gasteiger partial charge in [0.25, 0.3) is 0 Å². The number of aryl methyl sites for hydroxylation is 2. The second kappa shape index (κ2) is 4.68. The Bertz CT molecular complexity index is 265. The van der Waals surface area contributed by atoms with Gasteiger partial charge in [-0.05, 0) is 37.3 Å². The van der Waals surface area contributed by atoms with Crippen LogP contribution in [0.1, 0.15) is 45.7 Å². The molecule has 0 spiro atoms. The van der Waals surface area contributed by atoms with E-state index >= 15 is 0 Å². The normalized spacial score (nSPS) is 12.0. The van der Waals surface area contributed by atoms with Crippen molar-refractivity contribution in [3.05, 3.63) is 24.0 Å². The van der Waals surface area contributed by atoms with Crippen molar-refractivity contribution in [2.45, 2.75) is 53.5 Å². The molecule has 1 rings (SSSR count). The van der Waals surface area contributed by atoms with Gasteiger partial charge in [0.05, 0.1) is 0 Å². The highest BCUT2D eigenvalue weighted by atomic mass is 14.9. The minimum absolute atomic E-state index is 0.492. The van der Waals surface area contributed by atoms with Gasteiger partial charge in [-0.2, -0.15) is 0 Å². The van der Waals surface area contributed by atoms with Crippen LogP contribution in [0, 0.1) is 12.3 Å². The largest absolute Gasteiger partial charge is 0.352 e. The maximum absolute atomic E-state index is 2.34. The Morgan fingerprint density at radius 3 is 2.43 bits per heavy atom. The van der Waals surface area contributed by atoms with Gasteiger partial charge in [-0.3, -0.25) is 0 Å². The van der Waals surface area contributed by atoms with Crippen LogP contribution in [-0.2, 0) is 6.54 Å². The number of aromatic nitrogens is 1. The molecule has 0 radical (unpaired) electrons. The highest BCUT2D eigenvalue weighted by Gasteiger charge is 2.08. The minimum atomic E-state index is 0.492. The van der Waals surface area contributed by atoms with E-state index in [2.05, 4.69) is 50.6 Å². The molecule has 1 aromatic rings. The fourth-order valence-corrected chi connectivity index (χ4v) is 1.69. The molecule has 0 aromatic carbocycles. The zero-order valence-corrected chi connectivity index (χ0v) is 10.0. The van der Waals surface area contributed by atoms with Crippen LogP contribution >= 0.6 is 0 Å². The van der Waals surface area contributed by atoms with E-state index in [1.165, 1.54) is 31.5 Å². The fraction of sp³-hybridized carbons (Fsp3) is 0.692. The molecule has 0 amide bonds. The van der Waals surface area contributed by atoms with Crippen molar-refractivity contribution in [2.75, 3.05) is 0 Å². The predicted octanol–water partition coefficient (Wildman–Crippen LogP) is 4.01. The molecule has 0 aliphatic carbocycles. The smallest absolute Gasteiger partial charge is 0.0222 e. The van der Waals surface area contributed by atoms with Crippen LogP contribution in [0.15, 0.2) is 18.3 Å². The van der Waals surface area contributed by atoms with Crippen LogP contribution in [0.25, 0.3) is 0 Å². The van der Waals surface area contributed by atoms with E-state index in [9.17, 15) is 0 Å². The van der Waals surface area contributed by atoms with Gasteiger partial charge in [0.15, 0.2) is 0 Å². The highest BCUT2D eigenvalue weighted by molar-refractivity contribution is 5.03. The molecule has 0 fully saturated rings. The van der Waals surface area contributed by atoms with Gasteiger partial charge < -0.3 is 4.57 Å². The highest BCUT2D eigenvalue weighted by Crippen LogP contribution is 2.21. The van der Waals surface area contributed by atoms with Crippen molar-refractivity contribution in [1.29, 1.82) is 0 Å². The van der Waals surface area contributed by atoms with Crippen molar-refractivity contribution in [3.63, 3.8) is 0 Å². The first-order chi connectivity index (χ1) is 6.49. The molecular weight excluding hydrogens is 170 g/mol. The summed E-state index contributed by atoms with van der Waals surface area (Å²) in [6, 6.07) is 4.29. The Morgan fingerprint density at radius 2 is 1.93 bits per heavy atom. The number of unbranched alkanes of at least 4 members (excludes halogenated alkanes) is 1. The van der Waals surface area contributed by atoms with E-state index in [1.54, 1.807) is 0 Å². The van der Waals surface area contributed by atoms with Gasteiger partial charge in [-0.25, -0.2) is 0 Å². The first-order valence-electron chi connectivity index (χ1n) is 5.61. The van der Waals surface area contributed by atoms with Crippen molar-refractivity contribution in [2.24, 2.45) is 5.41 Å². The van der Waals surface area contributed by atoms with E-state index in [1.807, 2.05) is 0 Å². The summed E-state index contributed by atoms with van der Waals surface area (Å²) in [5, 5.41) is 0. The van der Waals surface area contributed by atoms with Gasteiger partial charge in [0, 0.05) is 18.4 Å². The van der Waals surface area contributed by atoms with Crippen LogP contribution in [0.4, 0.5) is 0 Å².